The number of rotatable bonds is 9. The van der Waals surface area contributed by atoms with E-state index in [1.807, 2.05) is 12.3 Å². The van der Waals surface area contributed by atoms with Crippen LogP contribution in [0.5, 0.6) is 0 Å². The summed E-state index contributed by atoms with van der Waals surface area (Å²) in [4.78, 5) is 11.1. The average Bonchev–Trinajstić information content (AvgIpc) is 2.37. The van der Waals surface area contributed by atoms with Gasteiger partial charge >= 0.3 is 0 Å². The molecule has 0 saturated carbocycles. The summed E-state index contributed by atoms with van der Waals surface area (Å²) >= 11 is 0. The third-order valence-electron chi connectivity index (χ3n) is 2.82. The van der Waals surface area contributed by atoms with Crippen molar-refractivity contribution in [3.63, 3.8) is 0 Å². The molecular weight excluding hydrogens is 224 g/mol. The van der Waals surface area contributed by atoms with Crippen molar-refractivity contribution in [2.45, 2.75) is 46.1 Å². The summed E-state index contributed by atoms with van der Waals surface area (Å²) in [5.74, 6) is 0.747. The standard InChI is InChI=1S/C14H26N4/c1-4-6-7-11-18(3)12-13-8-10-16-14(17-13)15-9-5-2/h8,10H,4-7,9,11-12H2,1-3H3,(H,15,16,17). The highest BCUT2D eigenvalue weighted by Gasteiger charge is 2.03. The number of unbranched alkanes of at least 4 members (excludes halogenated alkanes) is 2. The molecule has 4 nitrogen and oxygen atoms in total. The molecule has 1 aromatic rings. The Morgan fingerprint density at radius 1 is 1.22 bits per heavy atom. The molecule has 1 heterocycles. The molecule has 0 aliphatic rings. The molecule has 0 bridgehead atoms. The molecule has 4 heteroatoms. The Hall–Kier alpha value is -1.16. The van der Waals surface area contributed by atoms with Gasteiger partial charge in [-0.15, -0.1) is 0 Å². The van der Waals surface area contributed by atoms with Crippen molar-refractivity contribution in [2.75, 3.05) is 25.5 Å². The van der Waals surface area contributed by atoms with Crippen LogP contribution in [0.25, 0.3) is 0 Å². The van der Waals surface area contributed by atoms with Crippen molar-refractivity contribution in [1.29, 1.82) is 0 Å². The Balaban J connectivity index is 2.40. The molecule has 1 N–H and O–H groups in total. The van der Waals surface area contributed by atoms with E-state index in [0.29, 0.717) is 0 Å². The topological polar surface area (TPSA) is 41.1 Å². The lowest BCUT2D eigenvalue weighted by molar-refractivity contribution is 0.314. The first-order valence-electron chi connectivity index (χ1n) is 7.00. The second kappa shape index (κ2) is 8.86. The summed E-state index contributed by atoms with van der Waals surface area (Å²) in [6.07, 6.45) is 6.76. The van der Waals surface area contributed by atoms with Gasteiger partial charge < -0.3 is 10.2 Å². The maximum atomic E-state index is 4.51. The minimum atomic E-state index is 0.747. The van der Waals surface area contributed by atoms with Crippen molar-refractivity contribution in [3.05, 3.63) is 18.0 Å². The van der Waals surface area contributed by atoms with Gasteiger partial charge in [0.05, 0.1) is 5.69 Å². The summed E-state index contributed by atoms with van der Waals surface area (Å²) < 4.78 is 0. The van der Waals surface area contributed by atoms with Crippen molar-refractivity contribution in [2.24, 2.45) is 0 Å². The second-order valence-corrected chi connectivity index (χ2v) is 4.74. The van der Waals surface area contributed by atoms with E-state index in [0.717, 1.165) is 37.7 Å². The van der Waals surface area contributed by atoms with E-state index in [4.69, 9.17) is 0 Å². The smallest absolute Gasteiger partial charge is 0.222 e. The molecule has 1 rings (SSSR count). The summed E-state index contributed by atoms with van der Waals surface area (Å²) in [5.41, 5.74) is 1.09. The van der Waals surface area contributed by atoms with Crippen molar-refractivity contribution >= 4 is 5.95 Å². The third-order valence-corrected chi connectivity index (χ3v) is 2.82. The lowest BCUT2D eigenvalue weighted by Gasteiger charge is -2.16. The normalized spacial score (nSPS) is 10.9. The van der Waals surface area contributed by atoms with Crippen LogP contribution in [0, 0.1) is 0 Å². The van der Waals surface area contributed by atoms with Crippen LogP contribution < -0.4 is 5.32 Å². The fourth-order valence-corrected chi connectivity index (χ4v) is 1.79. The molecule has 0 spiro atoms. The Morgan fingerprint density at radius 2 is 2.06 bits per heavy atom. The predicted molar refractivity (Wildman–Crippen MR) is 76.7 cm³/mol. The Bertz CT molecular complexity index is 327. The van der Waals surface area contributed by atoms with Crippen LogP contribution in [-0.2, 0) is 6.54 Å². The molecule has 18 heavy (non-hydrogen) atoms. The number of aromatic nitrogens is 2. The molecule has 0 fully saturated rings. The summed E-state index contributed by atoms with van der Waals surface area (Å²) in [5, 5.41) is 3.22. The van der Waals surface area contributed by atoms with Gasteiger partial charge in [-0.05, 0) is 32.5 Å². The van der Waals surface area contributed by atoms with Crippen LogP contribution in [0.15, 0.2) is 12.3 Å². The van der Waals surface area contributed by atoms with Gasteiger partial charge in [-0.2, -0.15) is 0 Å². The van der Waals surface area contributed by atoms with Crippen molar-refractivity contribution in [3.8, 4) is 0 Å². The van der Waals surface area contributed by atoms with Gasteiger partial charge in [0, 0.05) is 19.3 Å². The summed E-state index contributed by atoms with van der Waals surface area (Å²) in [7, 11) is 2.15. The van der Waals surface area contributed by atoms with Gasteiger partial charge in [0.15, 0.2) is 0 Å². The zero-order valence-electron chi connectivity index (χ0n) is 11.9. The van der Waals surface area contributed by atoms with Crippen LogP contribution in [-0.4, -0.2) is 35.0 Å². The Morgan fingerprint density at radius 3 is 2.78 bits per heavy atom. The van der Waals surface area contributed by atoms with E-state index in [1.54, 1.807) is 0 Å². The summed E-state index contributed by atoms with van der Waals surface area (Å²) in [6.45, 7) is 7.33. The van der Waals surface area contributed by atoms with Gasteiger partial charge in [-0.3, -0.25) is 0 Å². The number of hydrogen-bond donors (Lipinski definition) is 1. The highest BCUT2D eigenvalue weighted by molar-refractivity contribution is 5.24. The molecule has 0 aromatic carbocycles. The SMILES string of the molecule is CCCCCN(C)Cc1ccnc(NCCC)n1. The lowest BCUT2D eigenvalue weighted by atomic mass is 10.2. The first-order valence-corrected chi connectivity index (χ1v) is 7.00. The molecule has 0 aliphatic heterocycles. The van der Waals surface area contributed by atoms with E-state index in [9.17, 15) is 0 Å². The molecular formula is C14H26N4. The summed E-state index contributed by atoms with van der Waals surface area (Å²) in [6, 6.07) is 1.99. The highest BCUT2D eigenvalue weighted by Crippen LogP contribution is 2.05. The number of hydrogen-bond acceptors (Lipinski definition) is 4. The number of nitrogens with zero attached hydrogens (tertiary/aromatic N) is 3. The Kier molecular flexibility index (Phi) is 7.34. The van der Waals surface area contributed by atoms with Gasteiger partial charge in [0.1, 0.15) is 0 Å². The fraction of sp³-hybridized carbons (Fsp3) is 0.714. The van der Waals surface area contributed by atoms with Crippen LogP contribution in [0.2, 0.25) is 0 Å². The number of nitrogens with one attached hydrogen (secondary N) is 1. The quantitative estimate of drug-likeness (QED) is 0.684. The maximum Gasteiger partial charge on any atom is 0.222 e. The van der Waals surface area contributed by atoms with Crippen LogP contribution in [0.1, 0.15) is 45.2 Å². The first kappa shape index (κ1) is 14.9. The minimum absolute atomic E-state index is 0.747. The molecule has 0 unspecified atom stereocenters. The van der Waals surface area contributed by atoms with Crippen LogP contribution >= 0.6 is 0 Å². The van der Waals surface area contributed by atoms with E-state index in [2.05, 4.69) is 41.1 Å². The zero-order valence-corrected chi connectivity index (χ0v) is 11.9. The average molecular weight is 250 g/mol. The molecule has 0 saturated heterocycles. The molecule has 1 aromatic heterocycles. The van der Waals surface area contributed by atoms with Crippen molar-refractivity contribution in [1.82, 2.24) is 14.9 Å². The van der Waals surface area contributed by atoms with Crippen LogP contribution in [0.3, 0.4) is 0 Å². The Labute approximate surface area is 111 Å². The predicted octanol–water partition coefficient (Wildman–Crippen LogP) is 2.92. The molecule has 0 aliphatic carbocycles. The second-order valence-electron chi connectivity index (χ2n) is 4.74. The largest absolute Gasteiger partial charge is 0.354 e. The highest BCUT2D eigenvalue weighted by atomic mass is 15.1. The molecule has 102 valence electrons. The monoisotopic (exact) mass is 250 g/mol. The maximum absolute atomic E-state index is 4.51. The van der Waals surface area contributed by atoms with Gasteiger partial charge in [-0.25, -0.2) is 9.97 Å². The van der Waals surface area contributed by atoms with E-state index in [1.165, 1.54) is 19.3 Å². The molecule has 0 amide bonds. The van der Waals surface area contributed by atoms with Crippen LogP contribution in [0.4, 0.5) is 5.95 Å². The van der Waals surface area contributed by atoms with Gasteiger partial charge in [0.2, 0.25) is 5.95 Å². The van der Waals surface area contributed by atoms with Gasteiger partial charge in [-0.1, -0.05) is 26.7 Å². The fourth-order valence-electron chi connectivity index (χ4n) is 1.79. The van der Waals surface area contributed by atoms with Gasteiger partial charge in [0.25, 0.3) is 0 Å². The molecule has 0 atom stereocenters. The van der Waals surface area contributed by atoms with E-state index >= 15 is 0 Å². The van der Waals surface area contributed by atoms with E-state index in [-0.39, 0.29) is 0 Å². The number of anilines is 1. The van der Waals surface area contributed by atoms with Crippen molar-refractivity contribution < 1.29 is 0 Å². The third kappa shape index (κ3) is 5.96. The molecule has 0 radical (unpaired) electrons. The minimum Gasteiger partial charge on any atom is -0.354 e. The first-order chi connectivity index (χ1) is 8.76. The van der Waals surface area contributed by atoms with E-state index < -0.39 is 0 Å². The lowest BCUT2D eigenvalue weighted by Crippen LogP contribution is -2.20. The zero-order chi connectivity index (χ0) is 13.2.